The van der Waals surface area contributed by atoms with Gasteiger partial charge in [-0.15, -0.1) is 6.58 Å². The summed E-state index contributed by atoms with van der Waals surface area (Å²) in [6.07, 6.45) is 1.99. The topological polar surface area (TPSA) is 42.1 Å². The SMILES string of the molecule is C=C[C@]12O[C@H]1CN1C(=O)[C@H]([C@@H](C)O[Si](C)(C)C(C)(C)C)[C@H]12. The molecule has 3 saturated heterocycles. The van der Waals surface area contributed by atoms with Crippen molar-refractivity contribution >= 4 is 14.2 Å². The summed E-state index contributed by atoms with van der Waals surface area (Å²) in [5.74, 6) is 0.146. The molecule has 3 aliphatic heterocycles. The molecule has 118 valence electrons. The normalized spacial score (nSPS) is 39.4. The fourth-order valence-electron chi connectivity index (χ4n) is 3.61. The first-order chi connectivity index (χ1) is 9.55. The van der Waals surface area contributed by atoms with E-state index in [4.69, 9.17) is 9.16 Å². The molecule has 5 atom stereocenters. The number of amides is 1. The number of ether oxygens (including phenoxy) is 1. The number of hydrogen-bond acceptors (Lipinski definition) is 3. The Hall–Kier alpha value is -0.653. The van der Waals surface area contributed by atoms with Crippen molar-refractivity contribution in [3.05, 3.63) is 12.7 Å². The number of epoxide rings is 1. The first-order valence-electron chi connectivity index (χ1n) is 7.85. The van der Waals surface area contributed by atoms with Gasteiger partial charge in [0.05, 0.1) is 24.6 Å². The number of carbonyl (C=O) groups is 1. The molecule has 0 radical (unpaired) electrons. The Labute approximate surface area is 128 Å². The Morgan fingerprint density at radius 1 is 1.52 bits per heavy atom. The Balaban J connectivity index is 1.75. The predicted molar refractivity (Wildman–Crippen MR) is 84.5 cm³/mol. The van der Waals surface area contributed by atoms with E-state index in [1.165, 1.54) is 0 Å². The molecule has 3 aliphatic rings. The van der Waals surface area contributed by atoms with Gasteiger partial charge in [-0.1, -0.05) is 26.8 Å². The van der Waals surface area contributed by atoms with E-state index in [1.807, 2.05) is 17.9 Å². The molecular weight excluding hydrogens is 282 g/mol. The molecule has 3 heterocycles. The lowest BCUT2D eigenvalue weighted by atomic mass is 9.78. The predicted octanol–water partition coefficient (Wildman–Crippen LogP) is 2.56. The van der Waals surface area contributed by atoms with E-state index >= 15 is 0 Å². The van der Waals surface area contributed by atoms with E-state index in [1.54, 1.807) is 0 Å². The molecule has 0 aromatic carbocycles. The maximum atomic E-state index is 12.4. The summed E-state index contributed by atoms with van der Waals surface area (Å²) in [7, 11) is -1.87. The highest BCUT2D eigenvalue weighted by Crippen LogP contribution is 2.57. The van der Waals surface area contributed by atoms with Crippen LogP contribution >= 0.6 is 0 Å². The zero-order valence-electron chi connectivity index (χ0n) is 14.0. The molecule has 0 bridgehead atoms. The summed E-state index contributed by atoms with van der Waals surface area (Å²) in [4.78, 5) is 14.4. The average Bonchev–Trinajstić information content (AvgIpc) is 2.98. The van der Waals surface area contributed by atoms with Crippen molar-refractivity contribution < 1.29 is 14.0 Å². The van der Waals surface area contributed by atoms with Crippen LogP contribution in [-0.2, 0) is 14.0 Å². The second-order valence-electron chi connectivity index (χ2n) is 8.21. The van der Waals surface area contributed by atoms with Gasteiger partial charge >= 0.3 is 0 Å². The summed E-state index contributed by atoms with van der Waals surface area (Å²) in [6, 6.07) is 0.132. The molecule has 0 aromatic rings. The Kier molecular flexibility index (Phi) is 3.05. The highest BCUT2D eigenvalue weighted by Gasteiger charge is 2.76. The fourth-order valence-corrected chi connectivity index (χ4v) is 5.04. The largest absolute Gasteiger partial charge is 0.413 e. The van der Waals surface area contributed by atoms with Crippen molar-refractivity contribution in [2.24, 2.45) is 5.92 Å². The molecule has 0 spiro atoms. The molecule has 0 saturated carbocycles. The minimum Gasteiger partial charge on any atom is -0.413 e. The molecule has 0 aliphatic carbocycles. The van der Waals surface area contributed by atoms with Gasteiger partial charge in [-0.25, -0.2) is 0 Å². The standard InChI is InChI=1S/C16H27NO3Si/c1-8-16-11(19-16)9-17-13(16)12(14(17)18)10(2)20-21(6,7)15(3,4)5/h8,10-13H,1,9H2,2-7H3/t10-,11+,12-,13+,16+/m1/s1. The zero-order valence-corrected chi connectivity index (χ0v) is 15.0. The molecule has 3 fully saturated rings. The van der Waals surface area contributed by atoms with Crippen LogP contribution in [0.5, 0.6) is 0 Å². The lowest BCUT2D eigenvalue weighted by Crippen LogP contribution is -2.67. The average molecular weight is 309 g/mol. The number of rotatable bonds is 4. The van der Waals surface area contributed by atoms with Crippen LogP contribution in [0.2, 0.25) is 18.1 Å². The van der Waals surface area contributed by atoms with Gasteiger partial charge in [-0.05, 0) is 25.1 Å². The number of fused-ring (bicyclic) bond motifs is 3. The van der Waals surface area contributed by atoms with Gasteiger partial charge in [0.2, 0.25) is 5.91 Å². The molecule has 3 rings (SSSR count). The van der Waals surface area contributed by atoms with Gasteiger partial charge in [0, 0.05) is 0 Å². The number of β-lactam (4-membered cyclic amide) rings is 1. The minimum absolute atomic E-state index is 0.0561. The molecule has 5 heteroatoms. The summed E-state index contributed by atoms with van der Waals surface area (Å²) < 4.78 is 12.2. The van der Waals surface area contributed by atoms with Crippen molar-refractivity contribution in [2.75, 3.05) is 6.54 Å². The lowest BCUT2D eigenvalue weighted by Gasteiger charge is -2.50. The zero-order chi connectivity index (χ0) is 15.8. The Morgan fingerprint density at radius 2 is 2.14 bits per heavy atom. The van der Waals surface area contributed by atoms with Gasteiger partial charge in [0.15, 0.2) is 8.32 Å². The van der Waals surface area contributed by atoms with Crippen molar-refractivity contribution in [3.8, 4) is 0 Å². The van der Waals surface area contributed by atoms with Crippen LogP contribution in [-0.4, -0.2) is 49.5 Å². The number of morpholine rings is 1. The molecule has 0 aromatic heterocycles. The maximum Gasteiger partial charge on any atom is 0.230 e. The lowest BCUT2D eigenvalue weighted by molar-refractivity contribution is -0.166. The van der Waals surface area contributed by atoms with Gasteiger partial charge in [0.25, 0.3) is 0 Å². The number of carbonyl (C=O) groups excluding carboxylic acids is 1. The van der Waals surface area contributed by atoms with Gasteiger partial charge < -0.3 is 14.1 Å². The molecule has 1 amide bonds. The molecule has 4 nitrogen and oxygen atoms in total. The summed E-state index contributed by atoms with van der Waals surface area (Å²) in [6.45, 7) is 17.8. The third-order valence-corrected chi connectivity index (χ3v) is 10.5. The van der Waals surface area contributed by atoms with Crippen molar-refractivity contribution in [2.45, 2.75) is 69.7 Å². The molecule has 21 heavy (non-hydrogen) atoms. The quantitative estimate of drug-likeness (QED) is 0.347. The highest BCUT2D eigenvalue weighted by atomic mass is 28.4. The van der Waals surface area contributed by atoms with E-state index in [2.05, 4.69) is 40.4 Å². The van der Waals surface area contributed by atoms with Crippen LogP contribution in [0.15, 0.2) is 12.7 Å². The van der Waals surface area contributed by atoms with Crippen LogP contribution in [0.1, 0.15) is 27.7 Å². The fraction of sp³-hybridized carbons (Fsp3) is 0.812. The highest BCUT2D eigenvalue weighted by molar-refractivity contribution is 6.74. The minimum atomic E-state index is -1.87. The second-order valence-corrected chi connectivity index (χ2v) is 13.0. The van der Waals surface area contributed by atoms with E-state index < -0.39 is 8.32 Å². The van der Waals surface area contributed by atoms with Crippen molar-refractivity contribution in [1.29, 1.82) is 0 Å². The Bertz CT molecular complexity index is 498. The van der Waals surface area contributed by atoms with Crippen LogP contribution < -0.4 is 0 Å². The van der Waals surface area contributed by atoms with Gasteiger partial charge in [0.1, 0.15) is 11.7 Å². The molecule has 0 unspecified atom stereocenters. The van der Waals surface area contributed by atoms with Gasteiger partial charge in [-0.2, -0.15) is 0 Å². The van der Waals surface area contributed by atoms with E-state index in [9.17, 15) is 4.79 Å². The van der Waals surface area contributed by atoms with Crippen molar-refractivity contribution in [3.63, 3.8) is 0 Å². The van der Waals surface area contributed by atoms with Crippen LogP contribution in [0, 0.1) is 5.92 Å². The Morgan fingerprint density at radius 3 is 2.67 bits per heavy atom. The smallest absolute Gasteiger partial charge is 0.230 e. The molecule has 0 N–H and O–H groups in total. The monoisotopic (exact) mass is 309 g/mol. The van der Waals surface area contributed by atoms with E-state index in [-0.39, 0.29) is 40.7 Å². The number of hydrogen-bond donors (Lipinski definition) is 0. The first-order valence-corrected chi connectivity index (χ1v) is 10.8. The van der Waals surface area contributed by atoms with E-state index in [0.29, 0.717) is 0 Å². The maximum absolute atomic E-state index is 12.4. The second kappa shape index (κ2) is 4.21. The van der Waals surface area contributed by atoms with Gasteiger partial charge in [-0.3, -0.25) is 4.79 Å². The van der Waals surface area contributed by atoms with Crippen molar-refractivity contribution in [1.82, 2.24) is 4.90 Å². The molecular formula is C16H27NO3Si. The van der Waals surface area contributed by atoms with Crippen LogP contribution in [0.4, 0.5) is 0 Å². The van der Waals surface area contributed by atoms with E-state index in [0.717, 1.165) is 6.54 Å². The number of nitrogens with zero attached hydrogens (tertiary/aromatic N) is 1. The third kappa shape index (κ3) is 1.90. The first kappa shape index (κ1) is 15.3. The van der Waals surface area contributed by atoms with Crippen LogP contribution in [0.25, 0.3) is 0 Å². The van der Waals surface area contributed by atoms with Crippen LogP contribution in [0.3, 0.4) is 0 Å². The third-order valence-electron chi connectivity index (χ3n) is 5.97. The summed E-state index contributed by atoms with van der Waals surface area (Å²) in [5.41, 5.74) is -0.288. The summed E-state index contributed by atoms with van der Waals surface area (Å²) in [5, 5.41) is 0.151. The summed E-state index contributed by atoms with van der Waals surface area (Å²) >= 11 is 0.